The third-order valence-electron chi connectivity index (χ3n) is 0.790. The minimum atomic E-state index is 1.06. The van der Waals surface area contributed by atoms with Crippen molar-refractivity contribution in [2.24, 2.45) is 0 Å². The third-order valence-corrected chi connectivity index (χ3v) is 1.48. The van der Waals surface area contributed by atoms with Crippen LogP contribution in [0.25, 0.3) is 0 Å². The highest BCUT2D eigenvalue weighted by molar-refractivity contribution is 7.23. The molecule has 0 amide bonds. The first-order valence-electron chi connectivity index (χ1n) is 2.42. The molecule has 1 heteroatoms. The van der Waals surface area contributed by atoms with Gasteiger partial charge in [0.25, 0.3) is 0 Å². The number of hydrogen-bond acceptors (Lipinski definition) is 0. The summed E-state index contributed by atoms with van der Waals surface area (Å²) in [5.41, 5.74) is 1.06. The molecule has 8 heavy (non-hydrogen) atoms. The molecule has 0 aliphatic heterocycles. The van der Waals surface area contributed by atoms with E-state index in [1.54, 1.807) is 6.08 Å². The molecule has 0 saturated carbocycles. The molecule has 0 radical (unpaired) electrons. The standard InChI is InChI=1S/C7H11P/c1-4-5-7(8)6(2)3/h4-5H,1-2,8H2,3H3/b7-5+. The second-order valence-corrected chi connectivity index (χ2v) is 2.26. The average molecular weight is 126 g/mol. The van der Waals surface area contributed by atoms with Crippen LogP contribution in [0.3, 0.4) is 0 Å². The fraction of sp³-hybridized carbons (Fsp3) is 0.143. The van der Waals surface area contributed by atoms with Gasteiger partial charge in [0.2, 0.25) is 0 Å². The van der Waals surface area contributed by atoms with Crippen LogP contribution in [0.2, 0.25) is 0 Å². The Labute approximate surface area is 53.2 Å². The summed E-state index contributed by atoms with van der Waals surface area (Å²) in [6.45, 7) is 9.25. The van der Waals surface area contributed by atoms with Crippen molar-refractivity contribution in [1.29, 1.82) is 0 Å². The Balaban J connectivity index is 3.99. The minimum Gasteiger partial charge on any atom is -0.105 e. The van der Waals surface area contributed by atoms with Crippen molar-refractivity contribution in [2.45, 2.75) is 6.92 Å². The normalized spacial score (nSPS) is 11.0. The van der Waals surface area contributed by atoms with Crippen LogP contribution in [0, 0.1) is 0 Å². The minimum absolute atomic E-state index is 1.06. The molecule has 0 aromatic rings. The first-order valence-corrected chi connectivity index (χ1v) is 3.00. The van der Waals surface area contributed by atoms with Crippen molar-refractivity contribution in [1.82, 2.24) is 0 Å². The SMILES string of the molecule is C=C/C=C(/P)C(=C)C. The molecule has 0 aliphatic carbocycles. The first-order chi connectivity index (χ1) is 3.68. The zero-order chi connectivity index (χ0) is 6.57. The molecule has 0 bridgehead atoms. The average Bonchev–Trinajstić information content (AvgIpc) is 1.67. The molecule has 1 unspecified atom stereocenters. The zero-order valence-electron chi connectivity index (χ0n) is 5.15. The molecule has 1 atom stereocenters. The van der Waals surface area contributed by atoms with Crippen LogP contribution < -0.4 is 0 Å². The summed E-state index contributed by atoms with van der Waals surface area (Å²) >= 11 is 0. The topological polar surface area (TPSA) is 0 Å². The largest absolute Gasteiger partial charge is 0.105 e. The van der Waals surface area contributed by atoms with E-state index in [4.69, 9.17) is 0 Å². The number of hydrogen-bond donors (Lipinski definition) is 0. The van der Waals surface area contributed by atoms with Crippen LogP contribution in [-0.2, 0) is 0 Å². The fourth-order valence-corrected chi connectivity index (χ4v) is 0.405. The van der Waals surface area contributed by atoms with E-state index < -0.39 is 0 Å². The molecule has 0 aromatic heterocycles. The third kappa shape index (κ3) is 2.76. The van der Waals surface area contributed by atoms with Crippen molar-refractivity contribution in [3.05, 3.63) is 36.2 Å². The molecule has 44 valence electrons. The lowest BCUT2D eigenvalue weighted by molar-refractivity contribution is 1.53. The van der Waals surface area contributed by atoms with Crippen molar-refractivity contribution in [2.75, 3.05) is 0 Å². The molecule has 0 rings (SSSR count). The molecule has 0 aromatic carbocycles. The van der Waals surface area contributed by atoms with Crippen LogP contribution in [-0.4, -0.2) is 0 Å². The molecule has 0 saturated heterocycles. The van der Waals surface area contributed by atoms with Gasteiger partial charge in [0.15, 0.2) is 0 Å². The van der Waals surface area contributed by atoms with E-state index in [9.17, 15) is 0 Å². The molecule has 0 N–H and O–H groups in total. The van der Waals surface area contributed by atoms with Gasteiger partial charge in [-0.3, -0.25) is 0 Å². The lowest BCUT2D eigenvalue weighted by atomic mass is 10.3. The van der Waals surface area contributed by atoms with Crippen molar-refractivity contribution in [3.63, 3.8) is 0 Å². The monoisotopic (exact) mass is 126 g/mol. The maximum atomic E-state index is 3.74. The summed E-state index contributed by atoms with van der Waals surface area (Å²) in [6.07, 6.45) is 3.66. The van der Waals surface area contributed by atoms with E-state index in [1.165, 1.54) is 0 Å². The van der Waals surface area contributed by atoms with Gasteiger partial charge in [-0.25, -0.2) is 0 Å². The molecular weight excluding hydrogens is 115 g/mol. The van der Waals surface area contributed by atoms with E-state index in [0.717, 1.165) is 10.9 Å². The lowest BCUT2D eigenvalue weighted by Gasteiger charge is -1.92. The van der Waals surface area contributed by atoms with Crippen molar-refractivity contribution in [3.8, 4) is 0 Å². The Morgan fingerprint density at radius 1 is 1.62 bits per heavy atom. The van der Waals surface area contributed by atoms with Crippen LogP contribution >= 0.6 is 9.24 Å². The molecule has 0 aliphatic rings. The molecule has 0 spiro atoms. The van der Waals surface area contributed by atoms with Crippen LogP contribution in [0.1, 0.15) is 6.92 Å². The first kappa shape index (κ1) is 7.65. The van der Waals surface area contributed by atoms with Gasteiger partial charge < -0.3 is 0 Å². The molecule has 0 nitrogen and oxygen atoms in total. The van der Waals surface area contributed by atoms with Gasteiger partial charge in [-0.1, -0.05) is 30.9 Å². The van der Waals surface area contributed by atoms with Crippen molar-refractivity contribution < 1.29 is 0 Å². The van der Waals surface area contributed by atoms with Gasteiger partial charge in [-0.2, -0.15) is 0 Å². The van der Waals surface area contributed by atoms with Gasteiger partial charge in [-0.15, -0.1) is 9.24 Å². The van der Waals surface area contributed by atoms with Crippen LogP contribution in [0.5, 0.6) is 0 Å². The smallest absolute Gasteiger partial charge is 0.0280 e. The maximum Gasteiger partial charge on any atom is -0.0280 e. The van der Waals surface area contributed by atoms with E-state index in [1.807, 2.05) is 13.0 Å². The second kappa shape index (κ2) is 3.63. The predicted molar refractivity (Wildman–Crippen MR) is 42.8 cm³/mol. The Kier molecular flexibility index (Phi) is 3.47. The summed E-state index contributed by atoms with van der Waals surface area (Å²) in [4.78, 5) is 0. The quantitative estimate of drug-likeness (QED) is 0.394. The fourth-order valence-electron chi connectivity index (χ4n) is 0.269. The van der Waals surface area contributed by atoms with Gasteiger partial charge in [0, 0.05) is 0 Å². The Morgan fingerprint density at radius 2 is 2.12 bits per heavy atom. The second-order valence-electron chi connectivity index (χ2n) is 1.64. The summed E-state index contributed by atoms with van der Waals surface area (Å²) < 4.78 is 0. The Bertz CT molecular complexity index is 131. The molecule has 0 fully saturated rings. The van der Waals surface area contributed by atoms with Gasteiger partial charge in [-0.05, 0) is 12.2 Å². The Hall–Kier alpha value is -0.350. The summed E-state index contributed by atoms with van der Waals surface area (Å²) in [5, 5.41) is 1.11. The molecule has 0 heterocycles. The summed E-state index contributed by atoms with van der Waals surface area (Å²) in [5.74, 6) is 0. The van der Waals surface area contributed by atoms with E-state index in [2.05, 4.69) is 22.4 Å². The zero-order valence-corrected chi connectivity index (χ0v) is 6.30. The van der Waals surface area contributed by atoms with E-state index >= 15 is 0 Å². The highest BCUT2D eigenvalue weighted by Crippen LogP contribution is 2.13. The van der Waals surface area contributed by atoms with Gasteiger partial charge in [0.05, 0.1) is 0 Å². The molecular formula is C7H11P. The highest BCUT2D eigenvalue weighted by Gasteiger charge is 1.82. The number of allylic oxidation sites excluding steroid dienone is 4. The van der Waals surface area contributed by atoms with Crippen LogP contribution in [0.4, 0.5) is 0 Å². The van der Waals surface area contributed by atoms with Gasteiger partial charge >= 0.3 is 0 Å². The number of rotatable bonds is 2. The highest BCUT2D eigenvalue weighted by atomic mass is 31.0. The lowest BCUT2D eigenvalue weighted by Crippen LogP contribution is -1.67. The summed E-state index contributed by atoms with van der Waals surface area (Å²) in [7, 11) is 2.58. The predicted octanol–water partition coefficient (Wildman–Crippen LogP) is 2.51. The maximum absolute atomic E-state index is 3.74. The van der Waals surface area contributed by atoms with Crippen molar-refractivity contribution >= 4 is 9.24 Å². The van der Waals surface area contributed by atoms with Gasteiger partial charge in [0.1, 0.15) is 0 Å². The van der Waals surface area contributed by atoms with Crippen LogP contribution in [0.15, 0.2) is 36.2 Å². The Morgan fingerprint density at radius 3 is 2.25 bits per heavy atom. The van der Waals surface area contributed by atoms with E-state index in [-0.39, 0.29) is 0 Å². The summed E-state index contributed by atoms with van der Waals surface area (Å²) in [6, 6.07) is 0. The van der Waals surface area contributed by atoms with E-state index in [0.29, 0.717) is 0 Å².